The molecule has 0 aliphatic heterocycles. The molecule has 0 amide bonds. The van der Waals surface area contributed by atoms with Crippen molar-refractivity contribution in [3.05, 3.63) is 140 Å². The van der Waals surface area contributed by atoms with Crippen molar-refractivity contribution in [3.8, 4) is 17.2 Å². The number of hydrogen-bond donors (Lipinski definition) is 0. The lowest BCUT2D eigenvalue weighted by Gasteiger charge is -2.12. The Morgan fingerprint density at radius 1 is 0.489 bits per heavy atom. The smallest absolute Gasteiger partial charge is 0.235 e. The van der Waals surface area contributed by atoms with Crippen LogP contribution in [0.25, 0.3) is 103 Å². The van der Waals surface area contributed by atoms with Gasteiger partial charge in [0.05, 0.1) is 26.9 Å². The molecule has 0 saturated carbocycles. The third kappa shape index (κ3) is 3.41. The number of thiophene rings is 1. The van der Waals surface area contributed by atoms with Crippen LogP contribution < -0.4 is 0 Å². The van der Waals surface area contributed by atoms with E-state index < -0.39 is 0 Å². The summed E-state index contributed by atoms with van der Waals surface area (Å²) < 4.78 is 11.6. The van der Waals surface area contributed by atoms with Gasteiger partial charge >= 0.3 is 0 Å². The lowest BCUT2D eigenvalue weighted by atomic mass is 10.0. The summed E-state index contributed by atoms with van der Waals surface area (Å²) in [5.74, 6) is 0.647. The zero-order valence-electron chi connectivity index (χ0n) is 24.9. The Morgan fingerprint density at radius 2 is 1.19 bits per heavy atom. The molecule has 0 unspecified atom stereocenters. The van der Waals surface area contributed by atoms with Crippen molar-refractivity contribution in [2.24, 2.45) is 0 Å². The molecule has 0 bridgehead atoms. The predicted molar refractivity (Wildman–Crippen MR) is 197 cm³/mol. The van der Waals surface area contributed by atoms with E-state index in [1.54, 1.807) is 0 Å². The predicted octanol–water partition coefficient (Wildman–Crippen LogP) is 11.8. The third-order valence-corrected chi connectivity index (χ3v) is 10.8. The maximum atomic E-state index is 6.80. The second-order valence-electron chi connectivity index (χ2n) is 12.1. The Morgan fingerprint density at radius 3 is 2.13 bits per heavy atom. The quantitative estimate of drug-likeness (QED) is 0.194. The van der Waals surface area contributed by atoms with Crippen molar-refractivity contribution < 1.29 is 4.42 Å². The minimum absolute atomic E-state index is 0.647. The number of para-hydroxylation sites is 3. The first-order valence-electron chi connectivity index (χ1n) is 15.8. The first-order valence-corrected chi connectivity index (χ1v) is 16.6. The van der Waals surface area contributed by atoms with E-state index in [0.29, 0.717) is 5.95 Å². The van der Waals surface area contributed by atoms with Gasteiger partial charge in [-0.1, -0.05) is 109 Å². The molecule has 218 valence electrons. The first kappa shape index (κ1) is 25.2. The van der Waals surface area contributed by atoms with E-state index in [0.717, 1.165) is 65.9 Å². The van der Waals surface area contributed by atoms with Crippen molar-refractivity contribution >= 4 is 96.9 Å². The summed E-state index contributed by atoms with van der Waals surface area (Å²) in [7, 11) is 0. The van der Waals surface area contributed by atoms with Gasteiger partial charge in [0.15, 0.2) is 0 Å². The normalized spacial score (nSPS) is 12.3. The average Bonchev–Trinajstić information content (AvgIpc) is 3.81. The van der Waals surface area contributed by atoms with E-state index in [-0.39, 0.29) is 0 Å². The van der Waals surface area contributed by atoms with E-state index in [1.165, 1.54) is 30.9 Å². The van der Waals surface area contributed by atoms with Crippen molar-refractivity contribution in [1.82, 2.24) is 14.5 Å². The van der Waals surface area contributed by atoms with Crippen LogP contribution in [0.3, 0.4) is 0 Å². The SMILES string of the molecule is c1ccc2c(c1)ccc1c3cccc(-c4nc(-n5c6ccccc6c6ccc7c8ccccc8sc7c65)nc5ccccc45)c3oc21. The van der Waals surface area contributed by atoms with Gasteiger partial charge in [-0.05, 0) is 35.7 Å². The largest absolute Gasteiger partial charge is 0.455 e. The summed E-state index contributed by atoms with van der Waals surface area (Å²) in [6.45, 7) is 0. The topological polar surface area (TPSA) is 43.9 Å². The fraction of sp³-hybridized carbons (Fsp3) is 0. The van der Waals surface area contributed by atoms with Gasteiger partial charge in [0, 0.05) is 53.4 Å². The molecule has 0 fully saturated rings. The number of furan rings is 1. The highest BCUT2D eigenvalue weighted by Gasteiger charge is 2.22. The maximum absolute atomic E-state index is 6.80. The molecule has 11 rings (SSSR count). The van der Waals surface area contributed by atoms with Gasteiger partial charge < -0.3 is 4.42 Å². The van der Waals surface area contributed by atoms with Gasteiger partial charge in [0.2, 0.25) is 5.95 Å². The Bertz CT molecular complexity index is 3090. The highest BCUT2D eigenvalue weighted by molar-refractivity contribution is 7.26. The van der Waals surface area contributed by atoms with Crippen LogP contribution >= 0.6 is 11.3 Å². The van der Waals surface area contributed by atoms with Gasteiger partial charge in [-0.25, -0.2) is 9.97 Å². The highest BCUT2D eigenvalue weighted by atomic mass is 32.1. The molecule has 0 aliphatic rings. The number of aromatic nitrogens is 3. The van der Waals surface area contributed by atoms with Crippen molar-refractivity contribution in [3.63, 3.8) is 0 Å². The summed E-state index contributed by atoms with van der Waals surface area (Å²) in [4.78, 5) is 10.7. The van der Waals surface area contributed by atoms with Crippen LogP contribution in [0.4, 0.5) is 0 Å². The molecule has 4 aromatic heterocycles. The Labute approximate surface area is 271 Å². The Hall–Kier alpha value is -6.04. The molecule has 0 aliphatic carbocycles. The van der Waals surface area contributed by atoms with Crippen molar-refractivity contribution in [2.45, 2.75) is 0 Å². The standard InChI is InChI=1S/C42H23N3OS/c1-2-11-25-24(10-1)20-21-30-29-15-9-16-33(40(29)46-39(25)30)37-32-14-3-6-17-34(32)43-42(44-37)45-35-18-7-4-12-26(35)28-22-23-31-27-13-5-8-19-36(27)47-41(31)38(28)45/h1-23H. The number of fused-ring (bicyclic) bond motifs is 13. The van der Waals surface area contributed by atoms with Gasteiger partial charge in [0.25, 0.3) is 0 Å². The van der Waals surface area contributed by atoms with E-state index >= 15 is 0 Å². The Balaban J connectivity index is 1.27. The molecule has 4 heterocycles. The van der Waals surface area contributed by atoms with Gasteiger partial charge in [-0.15, -0.1) is 11.3 Å². The lowest BCUT2D eigenvalue weighted by molar-refractivity contribution is 0.673. The minimum Gasteiger partial charge on any atom is -0.455 e. The van der Waals surface area contributed by atoms with Crippen LogP contribution in [0.2, 0.25) is 0 Å². The molecule has 0 spiro atoms. The molecule has 5 heteroatoms. The minimum atomic E-state index is 0.647. The monoisotopic (exact) mass is 617 g/mol. The summed E-state index contributed by atoms with van der Waals surface area (Å²) in [6.07, 6.45) is 0. The molecular formula is C42H23N3OS. The second-order valence-corrected chi connectivity index (χ2v) is 13.2. The van der Waals surface area contributed by atoms with E-state index in [1.807, 2.05) is 17.4 Å². The van der Waals surface area contributed by atoms with E-state index in [4.69, 9.17) is 14.4 Å². The van der Waals surface area contributed by atoms with Crippen LogP contribution in [0.1, 0.15) is 0 Å². The molecule has 0 N–H and O–H groups in total. The molecular weight excluding hydrogens is 595 g/mol. The number of hydrogen-bond acceptors (Lipinski definition) is 4. The molecule has 0 atom stereocenters. The fourth-order valence-electron chi connectivity index (χ4n) is 7.52. The first-order chi connectivity index (χ1) is 23.3. The molecule has 4 nitrogen and oxygen atoms in total. The fourth-order valence-corrected chi connectivity index (χ4v) is 8.76. The third-order valence-electron chi connectivity index (χ3n) is 9.61. The van der Waals surface area contributed by atoms with Crippen LogP contribution in [-0.2, 0) is 0 Å². The van der Waals surface area contributed by atoms with Gasteiger partial charge in [-0.3, -0.25) is 4.57 Å². The molecule has 47 heavy (non-hydrogen) atoms. The van der Waals surface area contributed by atoms with Gasteiger partial charge in [-0.2, -0.15) is 0 Å². The zero-order chi connectivity index (χ0) is 30.6. The second kappa shape index (κ2) is 9.25. The van der Waals surface area contributed by atoms with Crippen LogP contribution in [-0.4, -0.2) is 14.5 Å². The van der Waals surface area contributed by atoms with Crippen LogP contribution in [0, 0.1) is 0 Å². The summed E-state index contributed by atoms with van der Waals surface area (Å²) >= 11 is 1.83. The van der Waals surface area contributed by atoms with E-state index in [9.17, 15) is 0 Å². The summed E-state index contributed by atoms with van der Waals surface area (Å²) in [5, 5.41) is 10.4. The summed E-state index contributed by atoms with van der Waals surface area (Å²) in [5.41, 5.74) is 6.66. The van der Waals surface area contributed by atoms with Crippen molar-refractivity contribution in [2.75, 3.05) is 0 Å². The molecule has 7 aromatic carbocycles. The Kier molecular flexibility index (Phi) is 4.96. The van der Waals surface area contributed by atoms with Crippen LogP contribution in [0.5, 0.6) is 0 Å². The number of nitrogens with zero attached hydrogens (tertiary/aromatic N) is 3. The van der Waals surface area contributed by atoms with Crippen molar-refractivity contribution in [1.29, 1.82) is 0 Å². The summed E-state index contributed by atoms with van der Waals surface area (Å²) in [6, 6.07) is 49.2. The molecule has 0 saturated heterocycles. The van der Waals surface area contributed by atoms with E-state index in [2.05, 4.69) is 138 Å². The van der Waals surface area contributed by atoms with Gasteiger partial charge in [0.1, 0.15) is 11.2 Å². The maximum Gasteiger partial charge on any atom is 0.235 e. The lowest BCUT2D eigenvalue weighted by Crippen LogP contribution is -2.03. The zero-order valence-corrected chi connectivity index (χ0v) is 25.8. The number of rotatable bonds is 2. The highest BCUT2D eigenvalue weighted by Crippen LogP contribution is 2.44. The number of benzene rings is 7. The van der Waals surface area contributed by atoms with Crippen LogP contribution in [0.15, 0.2) is 144 Å². The molecule has 11 aromatic rings. The average molecular weight is 618 g/mol. The molecule has 0 radical (unpaired) electrons.